The lowest BCUT2D eigenvalue weighted by atomic mass is 10.00. The van der Waals surface area contributed by atoms with Crippen LogP contribution in [-0.2, 0) is 9.53 Å². The second kappa shape index (κ2) is 9.55. The van der Waals surface area contributed by atoms with Crippen molar-refractivity contribution in [3.63, 3.8) is 0 Å². The molecule has 1 atom stereocenters. The number of amides is 1. The molecule has 7 nitrogen and oxygen atoms in total. The van der Waals surface area contributed by atoms with E-state index < -0.39 is 5.97 Å². The summed E-state index contributed by atoms with van der Waals surface area (Å²) in [6.07, 6.45) is 4.02. The van der Waals surface area contributed by atoms with Gasteiger partial charge in [0.05, 0.1) is 5.69 Å². The molecule has 2 aromatic carbocycles. The van der Waals surface area contributed by atoms with Crippen LogP contribution in [0.5, 0.6) is 0 Å². The number of carbonyl (C=O) groups is 2. The van der Waals surface area contributed by atoms with Gasteiger partial charge in [0.25, 0.3) is 11.7 Å². The average Bonchev–Trinajstić information content (AvgIpc) is 3.29. The van der Waals surface area contributed by atoms with Gasteiger partial charge in [-0.2, -0.15) is 0 Å². The van der Waals surface area contributed by atoms with Crippen molar-refractivity contribution >= 4 is 11.9 Å². The molecule has 1 saturated heterocycles. The van der Waals surface area contributed by atoms with Crippen LogP contribution in [0.4, 0.5) is 0 Å². The molecule has 3 aromatic rings. The Morgan fingerprint density at radius 3 is 2.45 bits per heavy atom. The predicted molar refractivity (Wildman–Crippen MR) is 117 cm³/mol. The Balaban J connectivity index is 1.53. The van der Waals surface area contributed by atoms with Crippen molar-refractivity contribution < 1.29 is 14.3 Å². The van der Waals surface area contributed by atoms with Crippen molar-refractivity contribution in [2.45, 2.75) is 38.6 Å². The second-order valence-electron chi connectivity index (χ2n) is 7.59. The third kappa shape index (κ3) is 4.66. The van der Waals surface area contributed by atoms with Crippen LogP contribution < -0.4 is 0 Å². The number of carbonyl (C=O) groups excluding carboxylic acids is 2. The molecule has 1 aliphatic heterocycles. The maximum Gasteiger partial charge on any atom is 0.378 e. The van der Waals surface area contributed by atoms with E-state index in [4.69, 9.17) is 4.74 Å². The number of likely N-dealkylation sites (tertiary alicyclic amines) is 1. The summed E-state index contributed by atoms with van der Waals surface area (Å²) < 4.78 is 6.92. The van der Waals surface area contributed by atoms with Crippen LogP contribution in [-0.4, -0.2) is 50.7 Å². The normalized spacial score (nSPS) is 16.2. The molecule has 0 spiro atoms. The number of aromatic nitrogens is 3. The van der Waals surface area contributed by atoms with Crippen molar-refractivity contribution in [1.29, 1.82) is 0 Å². The highest BCUT2D eigenvalue weighted by atomic mass is 16.5. The Morgan fingerprint density at radius 1 is 1.03 bits per heavy atom. The number of rotatable bonds is 6. The van der Waals surface area contributed by atoms with Crippen LogP contribution >= 0.6 is 0 Å². The summed E-state index contributed by atoms with van der Waals surface area (Å²) in [6, 6.07) is 19.2. The second-order valence-corrected chi connectivity index (χ2v) is 7.59. The van der Waals surface area contributed by atoms with Crippen molar-refractivity contribution in [3.8, 4) is 17.1 Å². The molecule has 1 aliphatic rings. The first kappa shape index (κ1) is 20.8. The summed E-state index contributed by atoms with van der Waals surface area (Å²) >= 11 is 0. The van der Waals surface area contributed by atoms with Gasteiger partial charge in [-0.15, -0.1) is 5.10 Å². The number of benzene rings is 2. The minimum atomic E-state index is -0.703. The van der Waals surface area contributed by atoms with E-state index in [2.05, 4.69) is 17.0 Å². The number of hydrogen-bond donors (Lipinski definition) is 0. The third-order valence-electron chi connectivity index (χ3n) is 5.57. The van der Waals surface area contributed by atoms with E-state index in [0.717, 1.165) is 36.9 Å². The van der Waals surface area contributed by atoms with Gasteiger partial charge in [-0.05, 0) is 37.8 Å². The first-order valence-corrected chi connectivity index (χ1v) is 10.7. The number of esters is 1. The van der Waals surface area contributed by atoms with Gasteiger partial charge in [0.2, 0.25) is 0 Å². The lowest BCUT2D eigenvalue weighted by Gasteiger charge is -2.35. The molecule has 2 heterocycles. The van der Waals surface area contributed by atoms with Crippen LogP contribution in [0.3, 0.4) is 0 Å². The zero-order valence-corrected chi connectivity index (χ0v) is 17.6. The molecule has 0 bridgehead atoms. The molecule has 31 heavy (non-hydrogen) atoms. The van der Waals surface area contributed by atoms with Gasteiger partial charge in [0.1, 0.15) is 0 Å². The lowest BCUT2D eigenvalue weighted by molar-refractivity contribution is -0.138. The molecule has 1 unspecified atom stereocenters. The zero-order valence-electron chi connectivity index (χ0n) is 17.6. The molecule has 0 saturated carbocycles. The van der Waals surface area contributed by atoms with Crippen molar-refractivity contribution in [1.82, 2.24) is 19.7 Å². The molecule has 1 fully saturated rings. The van der Waals surface area contributed by atoms with Gasteiger partial charge in [-0.25, -0.2) is 14.5 Å². The number of hydrogen-bond acceptors (Lipinski definition) is 5. The maximum absolute atomic E-state index is 12.7. The van der Waals surface area contributed by atoms with Gasteiger partial charge < -0.3 is 9.64 Å². The summed E-state index contributed by atoms with van der Waals surface area (Å²) in [7, 11) is 0. The van der Waals surface area contributed by atoms with Gasteiger partial charge in [-0.3, -0.25) is 4.79 Å². The van der Waals surface area contributed by atoms with Gasteiger partial charge >= 0.3 is 5.97 Å². The SMILES string of the molecule is CCC1CCCCN1C(=O)COC(=O)c1nc(-c2ccccc2)n(-c2ccccc2)n1. The smallest absolute Gasteiger partial charge is 0.378 e. The minimum Gasteiger partial charge on any atom is -0.450 e. The van der Waals surface area contributed by atoms with Crippen LogP contribution in [0.1, 0.15) is 43.2 Å². The summed E-state index contributed by atoms with van der Waals surface area (Å²) in [4.78, 5) is 31.6. The molecule has 0 radical (unpaired) electrons. The average molecular weight is 418 g/mol. The Kier molecular flexibility index (Phi) is 6.40. The Bertz CT molecular complexity index is 976. The van der Waals surface area contributed by atoms with Gasteiger partial charge in [0.15, 0.2) is 12.4 Å². The van der Waals surface area contributed by atoms with E-state index >= 15 is 0 Å². The fourth-order valence-corrected chi connectivity index (χ4v) is 3.95. The van der Waals surface area contributed by atoms with E-state index in [1.165, 1.54) is 0 Å². The molecular formula is C24H26N4O3. The molecule has 4 rings (SSSR count). The molecule has 1 aromatic heterocycles. The number of nitrogens with zero attached hydrogens (tertiary/aromatic N) is 4. The molecule has 1 amide bonds. The van der Waals surface area contributed by atoms with Crippen LogP contribution in [0.15, 0.2) is 60.7 Å². The highest BCUT2D eigenvalue weighted by Crippen LogP contribution is 2.22. The fraction of sp³-hybridized carbons (Fsp3) is 0.333. The van der Waals surface area contributed by atoms with E-state index in [9.17, 15) is 9.59 Å². The highest BCUT2D eigenvalue weighted by Gasteiger charge is 2.27. The van der Waals surface area contributed by atoms with Crippen molar-refractivity contribution in [2.24, 2.45) is 0 Å². The molecule has 160 valence electrons. The topological polar surface area (TPSA) is 77.3 Å². The largest absolute Gasteiger partial charge is 0.450 e. The lowest BCUT2D eigenvalue weighted by Crippen LogP contribution is -2.45. The maximum atomic E-state index is 12.7. The van der Waals surface area contributed by atoms with Crippen LogP contribution in [0, 0.1) is 0 Å². The van der Waals surface area contributed by atoms with E-state index in [1.54, 1.807) is 4.68 Å². The Hall–Kier alpha value is -3.48. The third-order valence-corrected chi connectivity index (χ3v) is 5.57. The zero-order chi connectivity index (χ0) is 21.6. The van der Waals surface area contributed by atoms with E-state index in [0.29, 0.717) is 12.4 Å². The van der Waals surface area contributed by atoms with E-state index in [-0.39, 0.29) is 24.4 Å². The van der Waals surface area contributed by atoms with Crippen molar-refractivity contribution in [3.05, 3.63) is 66.5 Å². The minimum absolute atomic E-state index is 0.0683. The van der Waals surface area contributed by atoms with E-state index in [1.807, 2.05) is 65.6 Å². The number of para-hydroxylation sites is 1. The summed E-state index contributed by atoms with van der Waals surface area (Å²) in [5, 5.41) is 4.38. The molecule has 0 N–H and O–H groups in total. The Labute approximate surface area is 181 Å². The molecular weight excluding hydrogens is 392 g/mol. The highest BCUT2D eigenvalue weighted by molar-refractivity contribution is 5.88. The standard InChI is InChI=1S/C24H26N4O3/c1-2-19-13-9-10-16-27(19)21(29)17-31-24(30)22-25-23(18-11-5-3-6-12-18)28(26-22)20-14-7-4-8-15-20/h3-8,11-12,14-15,19H,2,9-10,13,16-17H2,1H3. The monoisotopic (exact) mass is 418 g/mol. The fourth-order valence-electron chi connectivity index (χ4n) is 3.95. The number of piperidine rings is 1. The first-order chi connectivity index (χ1) is 15.2. The van der Waals surface area contributed by atoms with Gasteiger partial charge in [-0.1, -0.05) is 55.5 Å². The summed E-state index contributed by atoms with van der Waals surface area (Å²) in [5.74, 6) is -0.399. The Morgan fingerprint density at radius 2 is 1.74 bits per heavy atom. The van der Waals surface area contributed by atoms with Crippen LogP contribution in [0.25, 0.3) is 17.1 Å². The molecule has 0 aliphatic carbocycles. The van der Waals surface area contributed by atoms with Gasteiger partial charge in [0, 0.05) is 18.2 Å². The predicted octanol–water partition coefficient (Wildman–Crippen LogP) is 3.88. The van der Waals surface area contributed by atoms with Crippen LogP contribution in [0.2, 0.25) is 0 Å². The quantitative estimate of drug-likeness (QED) is 0.568. The molecule has 7 heteroatoms. The summed E-state index contributed by atoms with van der Waals surface area (Å²) in [6.45, 7) is 2.50. The first-order valence-electron chi connectivity index (χ1n) is 10.7. The number of ether oxygens (including phenoxy) is 1. The van der Waals surface area contributed by atoms with Crippen molar-refractivity contribution in [2.75, 3.05) is 13.2 Å². The summed E-state index contributed by atoms with van der Waals surface area (Å²) in [5.41, 5.74) is 1.61.